The average molecular weight is 501 g/mol. The molecule has 0 bridgehead atoms. The summed E-state index contributed by atoms with van der Waals surface area (Å²) in [6.45, 7) is 3.33. The summed E-state index contributed by atoms with van der Waals surface area (Å²) in [6, 6.07) is 17.9. The van der Waals surface area contributed by atoms with Crippen LogP contribution in [0.5, 0.6) is 0 Å². The van der Waals surface area contributed by atoms with Crippen molar-refractivity contribution in [2.24, 2.45) is 11.0 Å². The molecular weight excluding hydrogens is 466 g/mol. The van der Waals surface area contributed by atoms with E-state index in [0.717, 1.165) is 0 Å². The lowest BCUT2D eigenvalue weighted by Crippen LogP contribution is -2.27. The van der Waals surface area contributed by atoms with Crippen molar-refractivity contribution in [2.75, 3.05) is 11.5 Å². The highest BCUT2D eigenvalue weighted by Crippen LogP contribution is 2.57. The van der Waals surface area contributed by atoms with Gasteiger partial charge in [0.25, 0.3) is 15.0 Å². The lowest BCUT2D eigenvalue weighted by molar-refractivity contribution is 0.419. The molecule has 32 heavy (non-hydrogen) atoms. The molecule has 2 aromatic rings. The SMILES string of the molecule is CC(CCCS(=O)CCCC(C)(c1ccccc1)P(N)(=O)O)(c1ccccc1)P(N)(=O)O. The standard InChI is InChI=1S/C22H34N2O5P2S/c1-21(30(23,25)26,19-11-5-3-6-12-19)15-9-17-32(29)18-10-16-22(2,31(24,27)28)20-13-7-4-8-14-20/h3-8,11-14H,9-10,15-18H2,1-2H3,(H3,23,25,26)(H3,24,27,28). The maximum atomic E-state index is 12.6. The molecule has 0 aliphatic heterocycles. The third kappa shape index (κ3) is 6.48. The zero-order valence-corrected chi connectivity index (χ0v) is 21.2. The summed E-state index contributed by atoms with van der Waals surface area (Å²) < 4.78 is 37.4. The van der Waals surface area contributed by atoms with Gasteiger partial charge in [0.1, 0.15) is 0 Å². The molecule has 0 saturated carbocycles. The molecule has 10 heteroatoms. The molecule has 7 nitrogen and oxygen atoms in total. The first-order valence-corrected chi connectivity index (χ1v) is 15.4. The minimum Gasteiger partial charge on any atom is -0.333 e. The van der Waals surface area contributed by atoms with Crippen molar-refractivity contribution in [3.8, 4) is 0 Å². The van der Waals surface area contributed by atoms with Crippen molar-refractivity contribution >= 4 is 25.8 Å². The molecule has 4 atom stereocenters. The van der Waals surface area contributed by atoms with Crippen molar-refractivity contribution in [1.29, 1.82) is 0 Å². The van der Waals surface area contributed by atoms with Gasteiger partial charge in [-0.1, -0.05) is 60.7 Å². The van der Waals surface area contributed by atoms with E-state index in [-0.39, 0.29) is 0 Å². The van der Waals surface area contributed by atoms with Gasteiger partial charge in [-0.05, 0) is 50.7 Å². The van der Waals surface area contributed by atoms with Crippen molar-refractivity contribution in [1.82, 2.24) is 0 Å². The van der Waals surface area contributed by atoms with Crippen molar-refractivity contribution in [3.63, 3.8) is 0 Å². The van der Waals surface area contributed by atoms with Crippen LogP contribution in [-0.4, -0.2) is 25.5 Å². The predicted molar refractivity (Wildman–Crippen MR) is 132 cm³/mol. The average Bonchev–Trinajstić information content (AvgIpc) is 2.73. The van der Waals surface area contributed by atoms with E-state index < -0.39 is 36.2 Å². The second kappa shape index (κ2) is 10.9. The van der Waals surface area contributed by atoms with Crippen LogP contribution in [0.4, 0.5) is 0 Å². The third-order valence-corrected chi connectivity index (χ3v) is 11.6. The highest BCUT2D eigenvalue weighted by atomic mass is 32.2. The fraction of sp³-hybridized carbons (Fsp3) is 0.455. The lowest BCUT2D eigenvalue weighted by atomic mass is 9.95. The van der Waals surface area contributed by atoms with Crippen molar-refractivity contribution < 1.29 is 23.1 Å². The first-order valence-electron chi connectivity index (χ1n) is 10.5. The highest BCUT2D eigenvalue weighted by molar-refractivity contribution is 7.84. The summed E-state index contributed by atoms with van der Waals surface area (Å²) in [7, 11) is -9.05. The maximum Gasteiger partial charge on any atom is 0.274 e. The quantitative estimate of drug-likeness (QED) is 0.316. The maximum absolute atomic E-state index is 12.6. The van der Waals surface area contributed by atoms with Crippen LogP contribution < -0.4 is 11.0 Å². The summed E-state index contributed by atoms with van der Waals surface area (Å²) in [6.07, 6.45) is 1.57. The molecule has 4 unspecified atom stereocenters. The largest absolute Gasteiger partial charge is 0.333 e. The number of nitrogens with two attached hydrogens (primary N) is 2. The summed E-state index contributed by atoms with van der Waals surface area (Å²) in [4.78, 5) is 20.3. The minimum absolute atomic E-state index is 0.323. The summed E-state index contributed by atoms with van der Waals surface area (Å²) in [5.74, 6) is 0.702. The minimum atomic E-state index is -3.94. The van der Waals surface area contributed by atoms with E-state index in [2.05, 4.69) is 0 Å². The van der Waals surface area contributed by atoms with E-state index in [1.54, 1.807) is 62.4 Å². The lowest BCUT2D eigenvalue weighted by Gasteiger charge is -2.32. The fourth-order valence-corrected chi connectivity index (χ4v) is 6.96. The number of rotatable bonds is 12. The third-order valence-electron chi connectivity index (χ3n) is 6.28. The number of hydrogen-bond donors (Lipinski definition) is 4. The number of benzene rings is 2. The summed E-state index contributed by atoms with van der Waals surface area (Å²) >= 11 is 0. The van der Waals surface area contributed by atoms with E-state index in [4.69, 9.17) is 11.0 Å². The Labute approximate surface area is 193 Å². The topological polar surface area (TPSA) is 144 Å². The molecule has 0 heterocycles. The van der Waals surface area contributed by atoms with Gasteiger partial charge >= 0.3 is 0 Å². The Morgan fingerprint density at radius 3 is 1.34 bits per heavy atom. The van der Waals surface area contributed by atoms with Gasteiger partial charge in [-0.3, -0.25) is 24.3 Å². The van der Waals surface area contributed by atoms with Gasteiger partial charge in [-0.15, -0.1) is 0 Å². The predicted octanol–water partition coefficient (Wildman–Crippen LogP) is 4.41. The van der Waals surface area contributed by atoms with E-state index in [0.29, 0.717) is 48.3 Å². The van der Waals surface area contributed by atoms with E-state index in [1.807, 2.05) is 12.1 Å². The van der Waals surface area contributed by atoms with E-state index in [9.17, 15) is 23.1 Å². The molecular formula is C22H34N2O5P2S. The molecule has 0 aliphatic carbocycles. The molecule has 0 aliphatic rings. The Kier molecular flexibility index (Phi) is 9.22. The molecule has 2 aromatic carbocycles. The van der Waals surface area contributed by atoms with Crippen LogP contribution >= 0.6 is 15.0 Å². The van der Waals surface area contributed by atoms with Gasteiger partial charge in [-0.2, -0.15) is 0 Å². The molecule has 0 amide bonds. The fourth-order valence-electron chi connectivity index (χ4n) is 3.83. The van der Waals surface area contributed by atoms with Gasteiger partial charge in [0.05, 0.1) is 10.3 Å². The second-order valence-corrected chi connectivity index (χ2v) is 14.7. The second-order valence-electron chi connectivity index (χ2n) is 8.58. The van der Waals surface area contributed by atoms with E-state index in [1.165, 1.54) is 0 Å². The van der Waals surface area contributed by atoms with Gasteiger partial charge in [0.2, 0.25) is 0 Å². The normalized spacial score (nSPS) is 20.3. The Morgan fingerprint density at radius 2 is 1.06 bits per heavy atom. The molecule has 2 rings (SSSR count). The van der Waals surface area contributed by atoms with E-state index >= 15 is 0 Å². The van der Waals surface area contributed by atoms with Crippen LogP contribution in [0.2, 0.25) is 0 Å². The zero-order chi connectivity index (χ0) is 24.0. The molecule has 0 fully saturated rings. The summed E-state index contributed by atoms with van der Waals surface area (Å²) in [5.41, 5.74) is 12.7. The van der Waals surface area contributed by atoms with Crippen LogP contribution in [-0.2, 0) is 30.2 Å². The first kappa shape index (κ1) is 27.1. The first-order chi connectivity index (χ1) is 14.8. The van der Waals surface area contributed by atoms with Crippen LogP contribution in [0.25, 0.3) is 0 Å². The highest BCUT2D eigenvalue weighted by Gasteiger charge is 2.42. The van der Waals surface area contributed by atoms with Gasteiger partial charge in [0, 0.05) is 22.3 Å². The van der Waals surface area contributed by atoms with Crippen LogP contribution in [0.3, 0.4) is 0 Å². The van der Waals surface area contributed by atoms with Gasteiger partial charge < -0.3 is 9.79 Å². The smallest absolute Gasteiger partial charge is 0.274 e. The molecule has 6 N–H and O–H groups in total. The van der Waals surface area contributed by atoms with Crippen LogP contribution in [0, 0.1) is 0 Å². The molecule has 0 spiro atoms. The van der Waals surface area contributed by atoms with Crippen LogP contribution in [0.1, 0.15) is 50.7 Å². The molecule has 0 saturated heterocycles. The zero-order valence-electron chi connectivity index (χ0n) is 18.6. The van der Waals surface area contributed by atoms with Crippen LogP contribution in [0.15, 0.2) is 60.7 Å². The Bertz CT molecular complexity index is 916. The monoisotopic (exact) mass is 500 g/mol. The van der Waals surface area contributed by atoms with Crippen molar-refractivity contribution in [2.45, 2.75) is 49.8 Å². The van der Waals surface area contributed by atoms with Gasteiger partial charge in [-0.25, -0.2) is 0 Å². The van der Waals surface area contributed by atoms with Gasteiger partial charge in [0.15, 0.2) is 0 Å². The Morgan fingerprint density at radius 1 is 0.750 bits per heavy atom. The number of hydrogen-bond acceptors (Lipinski definition) is 3. The van der Waals surface area contributed by atoms with Crippen molar-refractivity contribution in [3.05, 3.63) is 71.8 Å². The molecule has 0 radical (unpaired) electrons. The molecule has 0 aromatic heterocycles. The Hall–Kier alpha value is -1.11. The Balaban J connectivity index is 1.95. The molecule has 178 valence electrons. The summed E-state index contributed by atoms with van der Waals surface area (Å²) in [5, 5.41) is -2.24.